The van der Waals surface area contributed by atoms with E-state index in [1.54, 1.807) is 0 Å². The summed E-state index contributed by atoms with van der Waals surface area (Å²) in [5, 5.41) is 8.43. The SMILES string of the molecule is CCNC(=NCC(c1cnn(C)c1)N(C)C)N(C)Cc1ccccc1Cl. The number of aryl methyl sites for hydroxylation is 1. The number of rotatable bonds is 7. The summed E-state index contributed by atoms with van der Waals surface area (Å²) in [5.74, 6) is 0.864. The quantitative estimate of drug-likeness (QED) is 0.596. The average molecular weight is 377 g/mol. The van der Waals surface area contributed by atoms with Crippen LogP contribution in [0.3, 0.4) is 0 Å². The summed E-state index contributed by atoms with van der Waals surface area (Å²) in [6.07, 6.45) is 3.95. The topological polar surface area (TPSA) is 48.7 Å². The molecule has 6 nitrogen and oxygen atoms in total. The molecule has 142 valence electrons. The average Bonchev–Trinajstić information content (AvgIpc) is 3.02. The van der Waals surface area contributed by atoms with Crippen LogP contribution in [0.4, 0.5) is 0 Å². The summed E-state index contributed by atoms with van der Waals surface area (Å²) in [6, 6.07) is 8.08. The summed E-state index contributed by atoms with van der Waals surface area (Å²) in [5.41, 5.74) is 2.24. The van der Waals surface area contributed by atoms with Crippen LogP contribution in [0.25, 0.3) is 0 Å². The minimum absolute atomic E-state index is 0.172. The molecular formula is C19H29ClN6. The van der Waals surface area contributed by atoms with Gasteiger partial charge in [0.2, 0.25) is 0 Å². The normalized spacial score (nSPS) is 13.1. The Morgan fingerprint density at radius 2 is 2.04 bits per heavy atom. The Hall–Kier alpha value is -2.05. The highest BCUT2D eigenvalue weighted by atomic mass is 35.5. The van der Waals surface area contributed by atoms with Crippen molar-refractivity contribution in [1.29, 1.82) is 0 Å². The van der Waals surface area contributed by atoms with E-state index >= 15 is 0 Å². The fraction of sp³-hybridized carbons (Fsp3) is 0.474. The lowest BCUT2D eigenvalue weighted by Gasteiger charge is -2.25. The van der Waals surface area contributed by atoms with Crippen molar-refractivity contribution < 1.29 is 0 Å². The van der Waals surface area contributed by atoms with Crippen LogP contribution in [0.1, 0.15) is 24.1 Å². The molecular weight excluding hydrogens is 348 g/mol. The Morgan fingerprint density at radius 3 is 2.62 bits per heavy atom. The van der Waals surface area contributed by atoms with Crippen molar-refractivity contribution in [1.82, 2.24) is 24.9 Å². The van der Waals surface area contributed by atoms with Crippen molar-refractivity contribution in [3.8, 4) is 0 Å². The third kappa shape index (κ3) is 5.47. The van der Waals surface area contributed by atoms with Crippen LogP contribution >= 0.6 is 11.6 Å². The van der Waals surface area contributed by atoms with Gasteiger partial charge in [0, 0.05) is 44.0 Å². The van der Waals surface area contributed by atoms with Gasteiger partial charge >= 0.3 is 0 Å². The van der Waals surface area contributed by atoms with Crippen molar-refractivity contribution in [3.05, 3.63) is 52.8 Å². The van der Waals surface area contributed by atoms with Gasteiger partial charge in [0.1, 0.15) is 0 Å². The summed E-state index contributed by atoms with van der Waals surface area (Å²) in [7, 11) is 8.08. The van der Waals surface area contributed by atoms with Gasteiger partial charge in [0.25, 0.3) is 0 Å². The number of hydrogen-bond donors (Lipinski definition) is 1. The molecule has 1 aromatic heterocycles. The van der Waals surface area contributed by atoms with Gasteiger partial charge in [0.05, 0.1) is 18.8 Å². The number of halogens is 1. The highest BCUT2D eigenvalue weighted by molar-refractivity contribution is 6.31. The van der Waals surface area contributed by atoms with Crippen molar-refractivity contribution in [2.75, 3.05) is 34.2 Å². The minimum Gasteiger partial charge on any atom is -0.357 e. The second-order valence-electron chi connectivity index (χ2n) is 6.57. The third-order valence-electron chi connectivity index (χ3n) is 4.21. The molecule has 26 heavy (non-hydrogen) atoms. The molecule has 0 saturated heterocycles. The molecule has 1 aromatic carbocycles. The first kappa shape index (κ1) is 20.3. The van der Waals surface area contributed by atoms with Crippen molar-refractivity contribution >= 4 is 17.6 Å². The highest BCUT2D eigenvalue weighted by Gasteiger charge is 2.17. The van der Waals surface area contributed by atoms with Crippen LogP contribution in [0, 0.1) is 0 Å². The van der Waals surface area contributed by atoms with Crippen LogP contribution in [0.2, 0.25) is 5.02 Å². The fourth-order valence-electron chi connectivity index (χ4n) is 2.78. The zero-order chi connectivity index (χ0) is 19.1. The second kappa shape index (κ2) is 9.59. The largest absolute Gasteiger partial charge is 0.357 e. The standard InChI is InChI=1S/C19H29ClN6/c1-6-21-19(25(4)13-15-9-7-8-10-17(15)20)22-12-18(24(2)3)16-11-23-26(5)14-16/h7-11,14,18H,6,12-13H2,1-5H3,(H,21,22). The van der Waals surface area contributed by atoms with E-state index in [1.807, 2.05) is 55.4 Å². The lowest BCUT2D eigenvalue weighted by atomic mass is 10.1. The first-order valence-electron chi connectivity index (χ1n) is 8.80. The molecule has 2 rings (SSSR count). The summed E-state index contributed by atoms with van der Waals surface area (Å²) in [4.78, 5) is 9.12. The molecule has 1 unspecified atom stereocenters. The van der Waals surface area contributed by atoms with Crippen molar-refractivity contribution in [3.63, 3.8) is 0 Å². The molecule has 0 amide bonds. The Kier molecular flexibility index (Phi) is 7.48. The molecule has 0 aliphatic heterocycles. The van der Waals surface area contributed by atoms with E-state index in [-0.39, 0.29) is 6.04 Å². The van der Waals surface area contributed by atoms with Gasteiger partial charge in [-0.3, -0.25) is 9.67 Å². The fourth-order valence-corrected chi connectivity index (χ4v) is 2.97. The zero-order valence-corrected chi connectivity index (χ0v) is 17.0. The van der Waals surface area contributed by atoms with Crippen molar-refractivity contribution in [2.24, 2.45) is 12.0 Å². The molecule has 0 fully saturated rings. The summed E-state index contributed by atoms with van der Waals surface area (Å²) in [6.45, 7) is 4.23. The molecule has 0 radical (unpaired) electrons. The number of aliphatic imine (C=N–C) groups is 1. The first-order valence-corrected chi connectivity index (χ1v) is 9.18. The van der Waals surface area contributed by atoms with Crippen LogP contribution in [-0.4, -0.2) is 59.8 Å². The Bertz CT molecular complexity index is 724. The van der Waals surface area contributed by atoms with E-state index < -0.39 is 0 Å². The number of aromatic nitrogens is 2. The van der Waals surface area contributed by atoms with Gasteiger partial charge in [-0.1, -0.05) is 29.8 Å². The van der Waals surface area contributed by atoms with Gasteiger partial charge in [-0.05, 0) is 32.6 Å². The molecule has 1 atom stereocenters. The van der Waals surface area contributed by atoms with Crippen LogP contribution in [0.5, 0.6) is 0 Å². The zero-order valence-electron chi connectivity index (χ0n) is 16.3. The predicted molar refractivity (Wildman–Crippen MR) is 109 cm³/mol. The monoisotopic (exact) mass is 376 g/mol. The lowest BCUT2D eigenvalue weighted by Crippen LogP contribution is -2.39. The number of nitrogens with one attached hydrogen (secondary N) is 1. The van der Waals surface area contributed by atoms with E-state index in [0.717, 1.165) is 28.7 Å². The van der Waals surface area contributed by atoms with Gasteiger partial charge in [0.15, 0.2) is 5.96 Å². The van der Waals surface area contributed by atoms with E-state index in [0.29, 0.717) is 13.1 Å². The Labute approximate surface area is 161 Å². The minimum atomic E-state index is 0.172. The van der Waals surface area contributed by atoms with Crippen LogP contribution in [0.15, 0.2) is 41.7 Å². The van der Waals surface area contributed by atoms with Gasteiger partial charge in [-0.2, -0.15) is 5.10 Å². The lowest BCUT2D eigenvalue weighted by molar-refractivity contribution is 0.305. The van der Waals surface area contributed by atoms with Gasteiger partial charge in [-0.25, -0.2) is 0 Å². The number of hydrogen-bond acceptors (Lipinski definition) is 3. The maximum Gasteiger partial charge on any atom is 0.194 e. The molecule has 7 heteroatoms. The maximum atomic E-state index is 6.30. The Morgan fingerprint density at radius 1 is 1.31 bits per heavy atom. The third-order valence-corrected chi connectivity index (χ3v) is 4.58. The van der Waals surface area contributed by atoms with Gasteiger partial charge in [-0.15, -0.1) is 0 Å². The number of benzene rings is 1. The second-order valence-corrected chi connectivity index (χ2v) is 6.98. The summed E-state index contributed by atoms with van der Waals surface area (Å²) < 4.78 is 1.82. The van der Waals surface area contributed by atoms with E-state index in [9.17, 15) is 0 Å². The predicted octanol–water partition coefficient (Wildman–Crippen LogP) is 2.77. The molecule has 1 N–H and O–H groups in total. The molecule has 0 spiro atoms. The van der Waals surface area contributed by atoms with Crippen LogP contribution < -0.4 is 5.32 Å². The van der Waals surface area contributed by atoms with E-state index in [1.165, 1.54) is 0 Å². The molecule has 0 saturated carbocycles. The van der Waals surface area contributed by atoms with E-state index in [2.05, 4.69) is 41.2 Å². The first-order chi connectivity index (χ1) is 12.4. The number of likely N-dealkylation sites (N-methyl/N-ethyl adjacent to an activating group) is 1. The molecule has 2 aromatic rings. The number of guanidine groups is 1. The Balaban J connectivity index is 2.14. The molecule has 0 bridgehead atoms. The highest BCUT2D eigenvalue weighted by Crippen LogP contribution is 2.19. The van der Waals surface area contributed by atoms with Crippen LogP contribution in [-0.2, 0) is 13.6 Å². The molecule has 0 aliphatic rings. The molecule has 0 aliphatic carbocycles. The van der Waals surface area contributed by atoms with Gasteiger partial charge < -0.3 is 15.1 Å². The van der Waals surface area contributed by atoms with Crippen molar-refractivity contribution in [2.45, 2.75) is 19.5 Å². The van der Waals surface area contributed by atoms with E-state index in [4.69, 9.17) is 16.6 Å². The maximum absolute atomic E-state index is 6.30. The number of nitrogens with zero attached hydrogens (tertiary/aromatic N) is 5. The smallest absolute Gasteiger partial charge is 0.194 e. The molecule has 1 heterocycles. The summed E-state index contributed by atoms with van der Waals surface area (Å²) >= 11 is 6.30.